The van der Waals surface area contributed by atoms with Crippen LogP contribution in [0.25, 0.3) is 0 Å². The van der Waals surface area contributed by atoms with Crippen molar-refractivity contribution in [3.63, 3.8) is 0 Å². The van der Waals surface area contributed by atoms with Gasteiger partial charge < -0.3 is 5.32 Å². The monoisotopic (exact) mass is 314 g/mol. The van der Waals surface area contributed by atoms with Crippen LogP contribution in [0.15, 0.2) is 0 Å². The van der Waals surface area contributed by atoms with Crippen LogP contribution >= 0.6 is 0 Å². The Bertz CT molecular complexity index is 500. The summed E-state index contributed by atoms with van der Waals surface area (Å²) in [6, 6.07) is 0. The van der Waals surface area contributed by atoms with Gasteiger partial charge in [0, 0.05) is 20.1 Å². The van der Waals surface area contributed by atoms with Gasteiger partial charge in [0.05, 0.1) is 5.41 Å². The largest absolute Gasteiger partial charge is 0.396 e. The summed E-state index contributed by atoms with van der Waals surface area (Å²) < 4.78 is 63.4. The van der Waals surface area contributed by atoms with Crippen molar-refractivity contribution in [2.45, 2.75) is 37.1 Å². The van der Waals surface area contributed by atoms with E-state index >= 15 is 0 Å². The lowest BCUT2D eigenvalue weighted by Gasteiger charge is -2.43. The zero-order valence-electron chi connectivity index (χ0n) is 11.0. The van der Waals surface area contributed by atoms with Gasteiger partial charge in [-0.05, 0) is 19.3 Å². The summed E-state index contributed by atoms with van der Waals surface area (Å²) in [7, 11) is -2.36. The predicted molar refractivity (Wildman–Crippen MR) is 65.3 cm³/mol. The Morgan fingerprint density at radius 1 is 1.40 bits per heavy atom. The molecule has 1 amide bonds. The maximum atomic E-state index is 12.9. The van der Waals surface area contributed by atoms with Crippen LogP contribution in [0.3, 0.4) is 0 Å². The van der Waals surface area contributed by atoms with Crippen molar-refractivity contribution in [3.05, 3.63) is 0 Å². The highest BCUT2D eigenvalue weighted by Gasteiger charge is 2.58. The van der Waals surface area contributed by atoms with Crippen LogP contribution in [-0.4, -0.2) is 50.2 Å². The maximum Gasteiger partial charge on any atom is 0.396 e. The van der Waals surface area contributed by atoms with Gasteiger partial charge >= 0.3 is 6.18 Å². The first-order valence-corrected chi connectivity index (χ1v) is 7.90. The molecule has 1 saturated carbocycles. The van der Waals surface area contributed by atoms with Gasteiger partial charge in [0.15, 0.2) is 5.25 Å². The molecular weight excluding hydrogens is 297 g/mol. The number of nitrogens with one attached hydrogen (secondary N) is 1. The minimum atomic E-state index is -4.37. The summed E-state index contributed by atoms with van der Waals surface area (Å²) in [6.45, 7) is -0.324. The molecule has 0 bridgehead atoms. The molecule has 9 heteroatoms. The summed E-state index contributed by atoms with van der Waals surface area (Å²) in [5.41, 5.74) is -1.88. The van der Waals surface area contributed by atoms with Crippen molar-refractivity contribution in [1.29, 1.82) is 0 Å². The smallest absolute Gasteiger partial charge is 0.354 e. The molecule has 1 N–H and O–H groups in total. The van der Waals surface area contributed by atoms with Crippen LogP contribution in [0, 0.1) is 5.41 Å². The zero-order valence-corrected chi connectivity index (χ0v) is 11.9. The molecule has 1 heterocycles. The molecule has 0 aromatic rings. The van der Waals surface area contributed by atoms with Crippen molar-refractivity contribution in [2.24, 2.45) is 5.41 Å². The topological polar surface area (TPSA) is 66.5 Å². The molecule has 2 rings (SSSR count). The third-order valence-electron chi connectivity index (χ3n) is 4.31. The Kier molecular flexibility index (Phi) is 3.79. The van der Waals surface area contributed by atoms with Crippen molar-refractivity contribution < 1.29 is 26.4 Å². The van der Waals surface area contributed by atoms with E-state index in [-0.39, 0.29) is 25.8 Å². The molecule has 0 spiro atoms. The molecule has 1 aliphatic heterocycles. The average molecular weight is 314 g/mol. The van der Waals surface area contributed by atoms with E-state index in [1.165, 1.54) is 7.05 Å². The molecule has 1 atom stereocenters. The van der Waals surface area contributed by atoms with Crippen molar-refractivity contribution >= 4 is 15.9 Å². The fourth-order valence-corrected chi connectivity index (χ4v) is 4.14. The Hall–Kier alpha value is -0.830. The number of hydrogen-bond donors (Lipinski definition) is 1. The molecule has 1 saturated heterocycles. The van der Waals surface area contributed by atoms with Crippen LogP contribution in [-0.2, 0) is 14.8 Å². The summed E-state index contributed by atoms with van der Waals surface area (Å²) in [6.07, 6.45) is -3.82. The Morgan fingerprint density at radius 2 is 2.00 bits per heavy atom. The highest BCUT2D eigenvalue weighted by molar-refractivity contribution is 7.90. The van der Waals surface area contributed by atoms with E-state index in [1.54, 1.807) is 0 Å². The van der Waals surface area contributed by atoms with Crippen molar-refractivity contribution in [1.82, 2.24) is 9.62 Å². The van der Waals surface area contributed by atoms with Crippen LogP contribution in [0.5, 0.6) is 0 Å². The van der Waals surface area contributed by atoms with Gasteiger partial charge in [0.25, 0.3) is 0 Å². The summed E-state index contributed by atoms with van der Waals surface area (Å²) in [5.74, 6) is -0.829. The summed E-state index contributed by atoms with van der Waals surface area (Å²) in [5, 5.41) is 0.919. The third kappa shape index (κ3) is 2.41. The number of rotatable bonds is 3. The lowest BCUT2D eigenvalue weighted by atomic mass is 9.68. The van der Waals surface area contributed by atoms with Gasteiger partial charge in [0.1, 0.15) is 0 Å². The lowest BCUT2D eigenvalue weighted by Crippen LogP contribution is -2.53. The van der Waals surface area contributed by atoms with E-state index in [2.05, 4.69) is 5.32 Å². The molecule has 5 nitrogen and oxygen atoms in total. The normalized spacial score (nSPS) is 28.9. The number of carbonyl (C=O) groups is 1. The lowest BCUT2D eigenvalue weighted by molar-refractivity contribution is -0.248. The first-order chi connectivity index (χ1) is 9.10. The van der Waals surface area contributed by atoms with E-state index in [0.29, 0.717) is 6.42 Å². The number of halogens is 3. The van der Waals surface area contributed by atoms with Gasteiger partial charge in [-0.2, -0.15) is 13.2 Å². The molecule has 1 unspecified atom stereocenters. The van der Waals surface area contributed by atoms with E-state index in [4.69, 9.17) is 0 Å². The number of nitrogens with zero attached hydrogens (tertiary/aromatic N) is 1. The second kappa shape index (κ2) is 4.87. The number of alkyl halides is 3. The van der Waals surface area contributed by atoms with Crippen LogP contribution in [0.2, 0.25) is 0 Å². The molecule has 20 heavy (non-hydrogen) atoms. The van der Waals surface area contributed by atoms with E-state index < -0.39 is 39.3 Å². The Morgan fingerprint density at radius 3 is 2.35 bits per heavy atom. The highest BCUT2D eigenvalue weighted by Crippen LogP contribution is 2.52. The predicted octanol–water partition coefficient (Wildman–Crippen LogP) is 0.869. The molecule has 2 fully saturated rings. The summed E-state index contributed by atoms with van der Waals surface area (Å²) in [4.78, 5) is 11.8. The van der Waals surface area contributed by atoms with Crippen molar-refractivity contribution in [3.8, 4) is 0 Å². The molecule has 0 radical (unpaired) electrons. The molecule has 0 aromatic heterocycles. The SMILES string of the molecule is CN1CCC(C(=O)NCC2(C(F)(F)F)CCC2)S1(=O)=O. The number of sulfonamides is 1. The Balaban J connectivity index is 2.00. The average Bonchev–Trinajstić information content (AvgIpc) is 2.50. The van der Waals surface area contributed by atoms with Gasteiger partial charge in [-0.3, -0.25) is 4.79 Å². The van der Waals surface area contributed by atoms with E-state index in [0.717, 1.165) is 4.31 Å². The highest BCUT2D eigenvalue weighted by atomic mass is 32.2. The van der Waals surface area contributed by atoms with Crippen LogP contribution in [0.4, 0.5) is 13.2 Å². The number of amides is 1. The third-order valence-corrected chi connectivity index (χ3v) is 6.53. The van der Waals surface area contributed by atoms with Crippen LogP contribution < -0.4 is 5.32 Å². The van der Waals surface area contributed by atoms with Crippen LogP contribution in [0.1, 0.15) is 25.7 Å². The minimum absolute atomic E-state index is 0.0197. The zero-order chi connectivity index (χ0) is 15.2. The molecule has 116 valence electrons. The number of hydrogen-bond acceptors (Lipinski definition) is 3. The minimum Gasteiger partial charge on any atom is -0.354 e. The second-order valence-corrected chi connectivity index (χ2v) is 7.72. The molecular formula is C11H17F3N2O3S. The van der Waals surface area contributed by atoms with Gasteiger partial charge in [0.2, 0.25) is 15.9 Å². The van der Waals surface area contributed by atoms with Crippen molar-refractivity contribution in [2.75, 3.05) is 20.1 Å². The number of carbonyl (C=O) groups excluding carboxylic acids is 1. The molecule has 0 aromatic carbocycles. The fourth-order valence-electron chi connectivity index (χ4n) is 2.59. The van der Waals surface area contributed by atoms with E-state index in [1.807, 2.05) is 0 Å². The van der Waals surface area contributed by atoms with E-state index in [9.17, 15) is 26.4 Å². The molecule has 2 aliphatic rings. The summed E-state index contributed by atoms with van der Waals surface area (Å²) >= 11 is 0. The van der Waals surface area contributed by atoms with Gasteiger partial charge in [-0.25, -0.2) is 12.7 Å². The van der Waals surface area contributed by atoms with Gasteiger partial charge in [-0.1, -0.05) is 6.42 Å². The van der Waals surface area contributed by atoms with Gasteiger partial charge in [-0.15, -0.1) is 0 Å². The molecule has 1 aliphatic carbocycles. The quantitative estimate of drug-likeness (QED) is 0.840. The second-order valence-electron chi connectivity index (χ2n) is 5.49. The Labute approximate surface area is 115 Å². The maximum absolute atomic E-state index is 12.9. The fraction of sp³-hybridized carbons (Fsp3) is 0.909. The first kappa shape index (κ1) is 15.6. The standard InChI is InChI=1S/C11H17F3N2O3S/c1-16-6-3-8(20(16,18)19)9(17)15-7-10(4-2-5-10)11(12,13)14/h8H,2-7H2,1H3,(H,15,17). The first-order valence-electron chi connectivity index (χ1n) is 6.40.